The smallest absolute Gasteiger partial charge is 0.408 e. The number of carbonyl (C=O) groups excluding carboxylic acids is 3. The van der Waals surface area contributed by atoms with Crippen LogP contribution in [0.5, 0.6) is 0 Å². The van der Waals surface area contributed by atoms with E-state index in [1.807, 2.05) is 4.98 Å². The molecule has 1 aromatic rings. The molecule has 0 saturated carbocycles. The molecule has 2 heterocycles. The van der Waals surface area contributed by atoms with Gasteiger partial charge in [0.2, 0.25) is 5.91 Å². The number of aromatic nitrogens is 2. The minimum absolute atomic E-state index is 0.329. The number of aliphatic hydroxyl groups excluding tert-OH is 2. The van der Waals surface area contributed by atoms with Crippen molar-refractivity contribution in [3.05, 3.63) is 33.1 Å². The van der Waals surface area contributed by atoms with Crippen LogP contribution in [0.4, 0.5) is 4.79 Å². The second-order valence-corrected chi connectivity index (χ2v) is 10.6. The first-order valence-corrected chi connectivity index (χ1v) is 11.9. The zero-order valence-electron chi connectivity index (χ0n) is 22.2. The molecule has 15 heteroatoms. The summed E-state index contributed by atoms with van der Waals surface area (Å²) >= 11 is 0. The third-order valence-electron chi connectivity index (χ3n) is 4.87. The molecule has 0 radical (unpaired) electrons. The van der Waals surface area contributed by atoms with Crippen molar-refractivity contribution >= 4 is 18.0 Å². The van der Waals surface area contributed by atoms with Crippen LogP contribution in [-0.4, -0.2) is 93.0 Å². The monoisotopic (exact) mass is 544 g/mol. The van der Waals surface area contributed by atoms with Gasteiger partial charge in [-0.25, -0.2) is 14.4 Å². The number of hydrogen-bond donors (Lipinski definition) is 5. The van der Waals surface area contributed by atoms with E-state index >= 15 is 0 Å². The maximum absolute atomic E-state index is 12.9. The van der Waals surface area contributed by atoms with Gasteiger partial charge in [-0.3, -0.25) is 19.1 Å². The first kappa shape index (κ1) is 31.0. The van der Waals surface area contributed by atoms with Crippen molar-refractivity contribution in [2.24, 2.45) is 0 Å². The Bertz CT molecular complexity index is 1100. The van der Waals surface area contributed by atoms with Crippen molar-refractivity contribution in [3.63, 3.8) is 0 Å². The molecule has 1 aliphatic rings. The van der Waals surface area contributed by atoms with Gasteiger partial charge in [0.1, 0.15) is 42.2 Å². The highest BCUT2D eigenvalue weighted by Gasteiger charge is 2.44. The van der Waals surface area contributed by atoms with E-state index in [9.17, 15) is 34.2 Å². The number of carbonyl (C=O) groups is 3. The Morgan fingerprint density at radius 1 is 1.08 bits per heavy atom. The summed E-state index contributed by atoms with van der Waals surface area (Å²) in [6.45, 7) is 8.71. The number of esters is 1. The molecule has 2 rings (SSSR count). The van der Waals surface area contributed by atoms with Crippen molar-refractivity contribution in [3.8, 4) is 0 Å². The van der Waals surface area contributed by atoms with E-state index in [0.717, 1.165) is 16.8 Å². The Morgan fingerprint density at radius 2 is 1.71 bits per heavy atom. The average Bonchev–Trinajstić information content (AvgIpc) is 3.02. The normalized spacial score (nSPS) is 22.4. The van der Waals surface area contributed by atoms with Crippen molar-refractivity contribution in [2.45, 2.75) is 83.3 Å². The van der Waals surface area contributed by atoms with Crippen LogP contribution >= 0.6 is 0 Å². The fourth-order valence-electron chi connectivity index (χ4n) is 3.34. The number of hydrogen-bond acceptors (Lipinski definition) is 11. The number of aliphatic hydroxyl groups is 2. The van der Waals surface area contributed by atoms with Crippen LogP contribution in [0, 0.1) is 0 Å². The summed E-state index contributed by atoms with van der Waals surface area (Å²) in [7, 11) is 0. The number of rotatable bonds is 9. The highest BCUT2D eigenvalue weighted by molar-refractivity contribution is 5.85. The predicted molar refractivity (Wildman–Crippen MR) is 130 cm³/mol. The Balaban J connectivity index is 2.03. The number of H-pyrrole nitrogens is 1. The summed E-state index contributed by atoms with van der Waals surface area (Å²) < 4.78 is 22.0. The molecule has 1 fully saturated rings. The van der Waals surface area contributed by atoms with E-state index in [1.54, 1.807) is 41.5 Å². The fraction of sp³-hybridized carbons (Fsp3) is 0.696. The van der Waals surface area contributed by atoms with Crippen LogP contribution in [0.15, 0.2) is 21.9 Å². The minimum Gasteiger partial charge on any atom is -0.458 e. The Kier molecular flexibility index (Phi) is 10.2. The van der Waals surface area contributed by atoms with Gasteiger partial charge in [-0.05, 0) is 41.5 Å². The maximum atomic E-state index is 12.9. The van der Waals surface area contributed by atoms with Crippen molar-refractivity contribution in [2.75, 3.05) is 19.8 Å². The molecule has 0 spiro atoms. The lowest BCUT2D eigenvalue weighted by Crippen LogP contribution is -2.52. The summed E-state index contributed by atoms with van der Waals surface area (Å²) in [6.07, 6.45) is -5.34. The van der Waals surface area contributed by atoms with E-state index in [2.05, 4.69) is 10.6 Å². The SMILES string of the molecule is CC(C)(C)OC(=O)COC[C@H](NC(=O)OC(C)(C)C)C(=O)NC[C@H]1O[C@@H](n2ccc(=O)[nH]c2=O)[C@H](O)[C@@H]1O. The second-order valence-electron chi connectivity index (χ2n) is 10.6. The molecular formula is C23H36N4O11. The number of ether oxygens (including phenoxy) is 4. The van der Waals surface area contributed by atoms with Gasteiger partial charge in [-0.15, -0.1) is 0 Å². The quantitative estimate of drug-likeness (QED) is 0.227. The standard InChI is InChI=1S/C23H36N4O11/c1-22(2,3)37-15(29)11-35-10-12(25-21(34)38-23(4,5)6)18(32)24-9-13-16(30)17(31)19(36-13)27-8-7-14(28)26-20(27)33/h7-8,12-13,16-17,19,30-31H,9-11H2,1-6H3,(H,24,32)(H,25,34)(H,26,28,33)/t12-,13+,16+,17+,19+/m0/s1. The summed E-state index contributed by atoms with van der Waals surface area (Å²) in [6, 6.07) is -0.267. The van der Waals surface area contributed by atoms with E-state index in [0.29, 0.717) is 0 Å². The lowest BCUT2D eigenvalue weighted by atomic mass is 10.1. The number of nitrogens with one attached hydrogen (secondary N) is 3. The Labute approximate surface area is 218 Å². The van der Waals surface area contributed by atoms with Gasteiger partial charge in [0.15, 0.2) is 6.23 Å². The molecule has 1 saturated heterocycles. The lowest BCUT2D eigenvalue weighted by molar-refractivity contribution is -0.160. The molecule has 0 aromatic carbocycles. The van der Waals surface area contributed by atoms with Crippen LogP contribution in [-0.2, 0) is 28.5 Å². The molecule has 0 unspecified atom stereocenters. The molecule has 2 amide bonds. The van der Waals surface area contributed by atoms with Gasteiger partial charge < -0.3 is 39.8 Å². The topological polar surface area (TPSA) is 208 Å². The summed E-state index contributed by atoms with van der Waals surface area (Å²) in [4.78, 5) is 62.4. The zero-order chi connectivity index (χ0) is 28.8. The number of alkyl carbamates (subject to hydrolysis) is 1. The Morgan fingerprint density at radius 3 is 2.29 bits per heavy atom. The third-order valence-corrected chi connectivity index (χ3v) is 4.87. The van der Waals surface area contributed by atoms with Crippen molar-refractivity contribution < 1.29 is 43.5 Å². The molecule has 0 bridgehead atoms. The van der Waals surface area contributed by atoms with E-state index < -0.39 is 84.2 Å². The van der Waals surface area contributed by atoms with Gasteiger partial charge in [0, 0.05) is 18.8 Å². The predicted octanol–water partition coefficient (Wildman–Crippen LogP) is -1.48. The van der Waals surface area contributed by atoms with Crippen LogP contribution in [0.3, 0.4) is 0 Å². The molecule has 214 valence electrons. The number of aromatic amines is 1. The van der Waals surface area contributed by atoms with Crippen LogP contribution < -0.4 is 21.9 Å². The largest absolute Gasteiger partial charge is 0.458 e. The number of amides is 2. The first-order valence-electron chi connectivity index (χ1n) is 11.9. The number of nitrogens with zero attached hydrogens (tertiary/aromatic N) is 1. The van der Waals surface area contributed by atoms with Gasteiger partial charge >= 0.3 is 17.8 Å². The highest BCUT2D eigenvalue weighted by Crippen LogP contribution is 2.27. The third kappa shape index (κ3) is 9.55. The van der Waals surface area contributed by atoms with E-state index in [1.165, 1.54) is 0 Å². The van der Waals surface area contributed by atoms with Gasteiger partial charge in [0.05, 0.1) is 6.61 Å². The first-order chi connectivity index (χ1) is 17.5. The van der Waals surface area contributed by atoms with Crippen LogP contribution in [0.2, 0.25) is 0 Å². The fourth-order valence-corrected chi connectivity index (χ4v) is 3.34. The summed E-state index contributed by atoms with van der Waals surface area (Å²) in [5.74, 6) is -1.44. The van der Waals surface area contributed by atoms with Crippen molar-refractivity contribution in [1.29, 1.82) is 0 Å². The second kappa shape index (κ2) is 12.5. The molecule has 15 nitrogen and oxygen atoms in total. The van der Waals surface area contributed by atoms with Crippen LogP contribution in [0.25, 0.3) is 0 Å². The zero-order valence-corrected chi connectivity index (χ0v) is 22.2. The van der Waals surface area contributed by atoms with Gasteiger partial charge in [-0.1, -0.05) is 0 Å². The van der Waals surface area contributed by atoms with Gasteiger partial charge in [-0.2, -0.15) is 0 Å². The summed E-state index contributed by atoms with van der Waals surface area (Å²) in [5.41, 5.74) is -3.10. The molecule has 1 aliphatic heterocycles. The van der Waals surface area contributed by atoms with Crippen LogP contribution in [0.1, 0.15) is 47.8 Å². The molecule has 1 aromatic heterocycles. The summed E-state index contributed by atoms with van der Waals surface area (Å²) in [5, 5.41) is 25.5. The molecule has 5 N–H and O–H groups in total. The van der Waals surface area contributed by atoms with E-state index in [-0.39, 0.29) is 6.54 Å². The van der Waals surface area contributed by atoms with E-state index in [4.69, 9.17) is 18.9 Å². The average molecular weight is 545 g/mol. The maximum Gasteiger partial charge on any atom is 0.408 e. The Hall–Kier alpha value is -3.27. The minimum atomic E-state index is -1.55. The molecule has 5 atom stereocenters. The molecule has 0 aliphatic carbocycles. The highest BCUT2D eigenvalue weighted by atomic mass is 16.6. The van der Waals surface area contributed by atoms with Gasteiger partial charge in [0.25, 0.3) is 5.56 Å². The lowest BCUT2D eigenvalue weighted by Gasteiger charge is -2.24. The molecule has 38 heavy (non-hydrogen) atoms. The molecular weight excluding hydrogens is 508 g/mol. The van der Waals surface area contributed by atoms with Crippen molar-refractivity contribution in [1.82, 2.24) is 20.2 Å².